The van der Waals surface area contributed by atoms with Gasteiger partial charge in [-0.15, -0.1) is 11.3 Å². The number of nitrogens with zero attached hydrogens (tertiary/aromatic N) is 3. The number of hydrogen-bond donors (Lipinski definition) is 1. The fourth-order valence-electron chi connectivity index (χ4n) is 5.73. The molecule has 0 spiro atoms. The fraction of sp³-hybridized carbons (Fsp3) is 0.500. The van der Waals surface area contributed by atoms with Gasteiger partial charge in [-0.05, 0) is 63.9 Å². The molecule has 1 N–H and O–H groups in total. The third-order valence-corrected chi connectivity index (χ3v) is 9.03. The van der Waals surface area contributed by atoms with Gasteiger partial charge in [0, 0.05) is 38.3 Å². The Labute approximate surface area is 264 Å². The molecule has 0 atom stereocenters. The van der Waals surface area contributed by atoms with E-state index in [4.69, 9.17) is 14.2 Å². The number of carbonyl (C=O) groups is 3. The maximum Gasteiger partial charge on any atom is 0.307 e. The van der Waals surface area contributed by atoms with E-state index in [2.05, 4.69) is 15.2 Å². The molecular weight excluding hydrogens is 606 g/mol. The van der Waals surface area contributed by atoms with Crippen LogP contribution < -0.4 is 14.8 Å². The van der Waals surface area contributed by atoms with E-state index in [9.17, 15) is 23.2 Å². The average molecular weight is 645 g/mol. The number of likely N-dealkylation sites (N-methyl/N-ethyl adjacent to an activating group) is 1. The largest absolute Gasteiger partial charge is 0.493 e. The monoisotopic (exact) mass is 644 g/mol. The van der Waals surface area contributed by atoms with Crippen molar-refractivity contribution in [2.75, 3.05) is 46.9 Å². The molecule has 2 amide bonds. The Hall–Kier alpha value is -3.84. The highest BCUT2D eigenvalue weighted by molar-refractivity contribution is 7.18. The van der Waals surface area contributed by atoms with Crippen LogP contribution in [0, 0.1) is 17.0 Å². The lowest BCUT2D eigenvalue weighted by Gasteiger charge is -2.32. The molecule has 1 aromatic heterocycles. The molecule has 0 radical (unpaired) electrons. The summed E-state index contributed by atoms with van der Waals surface area (Å²) in [6.07, 6.45) is -0.122. The first-order chi connectivity index (χ1) is 21.2. The summed E-state index contributed by atoms with van der Waals surface area (Å²) < 4.78 is 45.7. The number of rotatable bonds is 9. The number of thiazole rings is 1. The van der Waals surface area contributed by atoms with E-state index in [-0.39, 0.29) is 38.3 Å². The summed E-state index contributed by atoms with van der Waals surface area (Å²) in [6, 6.07) is 5.66. The average Bonchev–Trinajstić information content (AvgIpc) is 3.53. The first-order valence-corrected chi connectivity index (χ1v) is 15.6. The molecular formula is C32H38F2N4O6S. The molecule has 242 valence electrons. The van der Waals surface area contributed by atoms with Crippen LogP contribution in [0.3, 0.4) is 0 Å². The molecule has 45 heavy (non-hydrogen) atoms. The minimum absolute atomic E-state index is 0.0632. The van der Waals surface area contributed by atoms with Crippen LogP contribution in [0.4, 0.5) is 8.78 Å². The Kier molecular flexibility index (Phi) is 9.31. The van der Waals surface area contributed by atoms with Gasteiger partial charge in [-0.2, -0.15) is 0 Å². The van der Waals surface area contributed by atoms with Crippen molar-refractivity contribution < 1.29 is 37.4 Å². The van der Waals surface area contributed by atoms with Crippen LogP contribution in [0.25, 0.3) is 10.2 Å². The molecule has 5 rings (SSSR count). The predicted octanol–water partition coefficient (Wildman–Crippen LogP) is 3.87. The summed E-state index contributed by atoms with van der Waals surface area (Å²) in [5, 5.41) is 3.48. The van der Waals surface area contributed by atoms with Crippen molar-refractivity contribution >= 4 is 39.3 Å². The summed E-state index contributed by atoms with van der Waals surface area (Å²) in [5.74, 6) is -2.28. The van der Waals surface area contributed by atoms with Crippen LogP contribution in [0.2, 0.25) is 0 Å². The number of aromatic nitrogens is 1. The molecule has 1 saturated heterocycles. The molecule has 0 bridgehead atoms. The van der Waals surface area contributed by atoms with E-state index in [0.29, 0.717) is 46.2 Å². The minimum atomic E-state index is -1.28. The van der Waals surface area contributed by atoms with Gasteiger partial charge in [0.2, 0.25) is 5.91 Å². The fourth-order valence-corrected chi connectivity index (χ4v) is 6.65. The molecule has 3 aromatic rings. The van der Waals surface area contributed by atoms with Crippen molar-refractivity contribution in [3.63, 3.8) is 0 Å². The topological polar surface area (TPSA) is 110 Å². The highest BCUT2D eigenvalue weighted by atomic mass is 32.1. The third-order valence-electron chi connectivity index (χ3n) is 8.01. The number of esters is 1. The van der Waals surface area contributed by atoms with Gasteiger partial charge in [-0.3, -0.25) is 14.4 Å². The molecule has 2 aliphatic rings. The Morgan fingerprint density at radius 1 is 1.00 bits per heavy atom. The van der Waals surface area contributed by atoms with Gasteiger partial charge >= 0.3 is 5.97 Å². The molecule has 13 heteroatoms. The van der Waals surface area contributed by atoms with Crippen LogP contribution in [0.1, 0.15) is 43.3 Å². The Morgan fingerprint density at radius 2 is 1.64 bits per heavy atom. The summed E-state index contributed by atoms with van der Waals surface area (Å²) in [6.45, 7) is 8.05. The molecule has 1 aliphatic carbocycles. The molecule has 0 unspecified atom stereocenters. The normalized spacial score (nSPS) is 16.4. The van der Waals surface area contributed by atoms with Crippen LogP contribution in [-0.4, -0.2) is 85.1 Å². The molecule has 2 heterocycles. The van der Waals surface area contributed by atoms with Crippen LogP contribution in [0.15, 0.2) is 24.3 Å². The number of nitrogens with one attached hydrogen (secondary N) is 1. The third kappa shape index (κ3) is 7.52. The van der Waals surface area contributed by atoms with Gasteiger partial charge in [-0.25, -0.2) is 13.8 Å². The van der Waals surface area contributed by atoms with Crippen molar-refractivity contribution in [1.82, 2.24) is 20.1 Å². The van der Waals surface area contributed by atoms with Gasteiger partial charge in [0.05, 0.1) is 35.7 Å². The van der Waals surface area contributed by atoms with Crippen molar-refractivity contribution in [2.24, 2.45) is 5.41 Å². The Balaban J connectivity index is 1.29. The lowest BCUT2D eigenvalue weighted by atomic mass is 9.80. The number of ether oxygens (including phenoxy) is 3. The van der Waals surface area contributed by atoms with E-state index in [1.165, 1.54) is 18.4 Å². The maximum atomic E-state index is 14.0. The second kappa shape index (κ2) is 12.9. The zero-order chi connectivity index (χ0) is 32.5. The van der Waals surface area contributed by atoms with E-state index in [1.54, 1.807) is 37.8 Å². The first kappa shape index (κ1) is 32.6. The van der Waals surface area contributed by atoms with E-state index < -0.39 is 34.5 Å². The van der Waals surface area contributed by atoms with Gasteiger partial charge in [0.25, 0.3) is 5.91 Å². The maximum absolute atomic E-state index is 14.0. The summed E-state index contributed by atoms with van der Waals surface area (Å²) in [4.78, 5) is 47.9. The number of methoxy groups -OCH3 is 1. The van der Waals surface area contributed by atoms with Crippen LogP contribution in [0.5, 0.6) is 11.5 Å². The summed E-state index contributed by atoms with van der Waals surface area (Å²) in [5.41, 5.74) is -0.463. The smallest absolute Gasteiger partial charge is 0.307 e. The second-order valence-corrected chi connectivity index (χ2v) is 13.8. The highest BCUT2D eigenvalue weighted by Crippen LogP contribution is 2.42. The number of amides is 2. The molecule has 2 aromatic carbocycles. The summed E-state index contributed by atoms with van der Waals surface area (Å²) in [7, 11) is 3.53. The van der Waals surface area contributed by atoms with E-state index >= 15 is 0 Å². The van der Waals surface area contributed by atoms with Crippen molar-refractivity contribution in [2.45, 2.75) is 52.2 Å². The van der Waals surface area contributed by atoms with Gasteiger partial charge < -0.3 is 29.3 Å². The van der Waals surface area contributed by atoms with Crippen LogP contribution >= 0.6 is 11.3 Å². The minimum Gasteiger partial charge on any atom is -0.493 e. The van der Waals surface area contributed by atoms with Gasteiger partial charge in [-0.1, -0.05) is 0 Å². The number of halogens is 2. The predicted molar refractivity (Wildman–Crippen MR) is 164 cm³/mol. The van der Waals surface area contributed by atoms with Crippen molar-refractivity contribution in [3.05, 3.63) is 52.0 Å². The Bertz CT molecular complexity index is 1580. The standard InChI is InChI=1S/C32H38F2N4O6S/c1-31(2,3)44-29(40)16-32(14-19-10-21(33)22(34)11-20(19)15-32)30(41)35-17-27-36-23-12-25(24(42-5)13-26(23)45-27)43-18-28(39)38-8-6-37(4)7-9-38/h10-13H,6-9,14-18H2,1-5H3,(H,35,41). The number of benzene rings is 2. The Morgan fingerprint density at radius 3 is 2.24 bits per heavy atom. The molecule has 1 fully saturated rings. The number of hydrogen-bond acceptors (Lipinski definition) is 9. The number of fused-ring (bicyclic) bond motifs is 2. The summed E-state index contributed by atoms with van der Waals surface area (Å²) >= 11 is 1.35. The number of piperazine rings is 1. The highest BCUT2D eigenvalue weighted by Gasteiger charge is 2.46. The van der Waals surface area contributed by atoms with Crippen LogP contribution in [-0.2, 0) is 38.5 Å². The second-order valence-electron chi connectivity index (χ2n) is 12.7. The molecule has 10 nitrogen and oxygen atoms in total. The zero-order valence-electron chi connectivity index (χ0n) is 26.1. The number of carbonyl (C=O) groups excluding carboxylic acids is 3. The van der Waals surface area contributed by atoms with Crippen molar-refractivity contribution in [3.8, 4) is 11.5 Å². The zero-order valence-corrected chi connectivity index (χ0v) is 26.9. The molecule has 0 saturated carbocycles. The SMILES string of the molecule is COc1cc2sc(CNC(=O)C3(CC(=O)OC(C)(C)C)Cc4cc(F)c(F)cc4C3)nc2cc1OCC(=O)N1CCN(C)CC1. The van der Waals surface area contributed by atoms with E-state index in [1.807, 2.05) is 7.05 Å². The first-order valence-electron chi connectivity index (χ1n) is 14.8. The van der Waals surface area contributed by atoms with Crippen molar-refractivity contribution in [1.29, 1.82) is 0 Å². The lowest BCUT2D eigenvalue weighted by molar-refractivity contribution is -0.160. The molecule has 1 aliphatic heterocycles. The van der Waals surface area contributed by atoms with E-state index in [0.717, 1.165) is 29.9 Å². The van der Waals surface area contributed by atoms with Gasteiger partial charge in [0.15, 0.2) is 29.7 Å². The lowest BCUT2D eigenvalue weighted by Crippen LogP contribution is -2.48. The van der Waals surface area contributed by atoms with Gasteiger partial charge in [0.1, 0.15) is 10.6 Å². The quantitative estimate of drug-likeness (QED) is 0.350.